The first-order valence-corrected chi connectivity index (χ1v) is 9.75. The van der Waals surface area contributed by atoms with E-state index < -0.39 is 9.84 Å². The van der Waals surface area contributed by atoms with Crippen molar-refractivity contribution in [3.63, 3.8) is 0 Å². The Kier molecular flexibility index (Phi) is 5.84. The normalized spacial score (nSPS) is 19.0. The second-order valence-electron chi connectivity index (χ2n) is 6.42. The predicted molar refractivity (Wildman–Crippen MR) is 90.3 cm³/mol. The lowest BCUT2D eigenvalue weighted by Gasteiger charge is -2.29. The van der Waals surface area contributed by atoms with Crippen molar-refractivity contribution in [1.29, 1.82) is 5.26 Å². The van der Waals surface area contributed by atoms with Crippen molar-refractivity contribution in [2.75, 3.05) is 24.7 Å². The Balaban J connectivity index is 2.00. The molecule has 1 fully saturated rings. The van der Waals surface area contributed by atoms with Gasteiger partial charge in [0.25, 0.3) is 5.91 Å². The first-order chi connectivity index (χ1) is 11.3. The molecule has 130 valence electrons. The number of hydrogen-bond donors (Lipinski definition) is 0. The van der Waals surface area contributed by atoms with E-state index in [4.69, 9.17) is 10.00 Å². The van der Waals surface area contributed by atoms with Crippen LogP contribution in [-0.2, 0) is 14.6 Å². The molecule has 1 saturated heterocycles. The van der Waals surface area contributed by atoms with E-state index in [2.05, 4.69) is 0 Å². The molecule has 0 radical (unpaired) electrons. The zero-order chi connectivity index (χ0) is 17.7. The van der Waals surface area contributed by atoms with E-state index in [1.165, 1.54) is 0 Å². The van der Waals surface area contributed by atoms with Gasteiger partial charge in [-0.25, -0.2) is 8.42 Å². The van der Waals surface area contributed by atoms with Crippen LogP contribution in [0.25, 0.3) is 0 Å². The lowest BCUT2D eigenvalue weighted by molar-refractivity contribution is -0.135. The summed E-state index contributed by atoms with van der Waals surface area (Å²) in [6.07, 6.45) is 0.484. The van der Waals surface area contributed by atoms with E-state index in [0.29, 0.717) is 24.3 Å². The van der Waals surface area contributed by atoms with Crippen molar-refractivity contribution >= 4 is 15.7 Å². The topological polar surface area (TPSA) is 87.5 Å². The van der Waals surface area contributed by atoms with Crippen LogP contribution in [0.15, 0.2) is 24.3 Å². The summed E-state index contributed by atoms with van der Waals surface area (Å²) in [5.74, 6) is 0.700. The summed E-state index contributed by atoms with van der Waals surface area (Å²) < 4.78 is 28.9. The first-order valence-electron chi connectivity index (χ1n) is 7.93. The molecule has 24 heavy (non-hydrogen) atoms. The van der Waals surface area contributed by atoms with Gasteiger partial charge in [0.15, 0.2) is 16.4 Å². The lowest BCUT2D eigenvalue weighted by atomic mass is 10.1. The van der Waals surface area contributed by atoms with Gasteiger partial charge in [0.2, 0.25) is 0 Å². The highest BCUT2D eigenvalue weighted by Crippen LogP contribution is 2.20. The number of carbonyl (C=O) groups excluding carboxylic acids is 1. The van der Waals surface area contributed by atoms with Gasteiger partial charge >= 0.3 is 0 Å². The Morgan fingerprint density at radius 3 is 2.54 bits per heavy atom. The molecule has 1 aliphatic heterocycles. The SMILES string of the molecule is CC(C)CN(C(=O)COc1ccc(C#N)cc1)[C@@H]1CCS(=O)(=O)C1. The van der Waals surface area contributed by atoms with Crippen LogP contribution in [0.2, 0.25) is 0 Å². The van der Waals surface area contributed by atoms with Crippen LogP contribution in [0.3, 0.4) is 0 Å². The summed E-state index contributed by atoms with van der Waals surface area (Å²) >= 11 is 0. The van der Waals surface area contributed by atoms with Crippen molar-refractivity contribution in [2.24, 2.45) is 5.92 Å². The van der Waals surface area contributed by atoms with Crippen molar-refractivity contribution in [3.05, 3.63) is 29.8 Å². The molecule has 0 aromatic heterocycles. The van der Waals surface area contributed by atoms with Gasteiger partial charge in [0, 0.05) is 12.6 Å². The largest absolute Gasteiger partial charge is 0.484 e. The average molecular weight is 350 g/mol. The number of amides is 1. The zero-order valence-corrected chi connectivity index (χ0v) is 14.8. The zero-order valence-electron chi connectivity index (χ0n) is 13.9. The van der Waals surface area contributed by atoms with Gasteiger partial charge in [-0.2, -0.15) is 5.26 Å². The molecular formula is C17H22N2O4S. The van der Waals surface area contributed by atoms with Gasteiger partial charge in [-0.3, -0.25) is 4.79 Å². The van der Waals surface area contributed by atoms with E-state index in [0.717, 1.165) is 0 Å². The van der Waals surface area contributed by atoms with Gasteiger partial charge < -0.3 is 9.64 Å². The molecule has 1 heterocycles. The number of hydrogen-bond acceptors (Lipinski definition) is 5. The van der Waals surface area contributed by atoms with Crippen LogP contribution >= 0.6 is 0 Å². The quantitative estimate of drug-likeness (QED) is 0.778. The molecule has 1 atom stereocenters. The molecule has 0 unspecified atom stereocenters. The summed E-state index contributed by atoms with van der Waals surface area (Å²) in [7, 11) is -3.05. The Labute approximate surface area is 142 Å². The number of rotatable bonds is 6. The molecule has 0 saturated carbocycles. The van der Waals surface area contributed by atoms with Gasteiger partial charge in [-0.05, 0) is 36.6 Å². The number of carbonyl (C=O) groups is 1. The summed E-state index contributed by atoms with van der Waals surface area (Å²) in [5.41, 5.74) is 0.520. The van der Waals surface area contributed by atoms with Crippen LogP contribution in [0.1, 0.15) is 25.8 Å². The minimum absolute atomic E-state index is 0.0301. The molecule has 0 N–H and O–H groups in total. The molecule has 1 aliphatic rings. The van der Waals surface area contributed by atoms with E-state index in [9.17, 15) is 13.2 Å². The molecule has 6 nitrogen and oxygen atoms in total. The Hall–Kier alpha value is -2.07. The number of ether oxygens (including phenoxy) is 1. The third-order valence-corrected chi connectivity index (χ3v) is 5.63. The molecular weight excluding hydrogens is 328 g/mol. The number of benzene rings is 1. The van der Waals surface area contributed by atoms with Crippen molar-refractivity contribution in [1.82, 2.24) is 4.90 Å². The van der Waals surface area contributed by atoms with Crippen molar-refractivity contribution in [3.8, 4) is 11.8 Å². The van der Waals surface area contributed by atoms with E-state index in [1.54, 1.807) is 29.2 Å². The summed E-state index contributed by atoms with van der Waals surface area (Å²) in [6.45, 7) is 4.35. The van der Waals surface area contributed by atoms with Crippen molar-refractivity contribution < 1.29 is 17.9 Å². The van der Waals surface area contributed by atoms with Gasteiger partial charge in [-0.1, -0.05) is 13.8 Å². The Morgan fingerprint density at radius 1 is 1.38 bits per heavy atom. The van der Waals surface area contributed by atoms with Crippen LogP contribution < -0.4 is 4.74 Å². The molecule has 1 aromatic rings. The number of sulfone groups is 1. The third-order valence-electron chi connectivity index (χ3n) is 3.88. The molecule has 1 aromatic carbocycles. The van der Waals surface area contributed by atoms with Gasteiger partial charge in [0.1, 0.15) is 5.75 Å². The standard InChI is InChI=1S/C17H22N2O4S/c1-13(2)10-19(15-7-8-24(21,22)12-15)17(20)11-23-16-5-3-14(9-18)4-6-16/h3-6,13,15H,7-8,10-12H2,1-2H3/t15-/m1/s1. The fraction of sp³-hybridized carbons (Fsp3) is 0.529. The number of nitrogens with zero attached hydrogens (tertiary/aromatic N) is 2. The first kappa shape index (κ1) is 18.3. The van der Waals surface area contributed by atoms with Crippen LogP contribution in [0.5, 0.6) is 5.75 Å². The van der Waals surface area contributed by atoms with E-state index >= 15 is 0 Å². The highest BCUT2D eigenvalue weighted by molar-refractivity contribution is 7.91. The maximum Gasteiger partial charge on any atom is 0.260 e. The number of nitriles is 1. The second kappa shape index (κ2) is 7.67. The molecule has 1 amide bonds. The monoisotopic (exact) mass is 350 g/mol. The fourth-order valence-corrected chi connectivity index (χ4v) is 4.45. The summed E-state index contributed by atoms with van der Waals surface area (Å²) in [5, 5.41) is 8.77. The lowest BCUT2D eigenvalue weighted by Crippen LogP contribution is -2.45. The summed E-state index contributed by atoms with van der Waals surface area (Å²) in [6, 6.07) is 8.26. The fourth-order valence-electron chi connectivity index (χ4n) is 2.72. The smallest absolute Gasteiger partial charge is 0.260 e. The van der Waals surface area contributed by atoms with Crippen LogP contribution in [0, 0.1) is 17.2 Å². The molecule has 7 heteroatoms. The Bertz CT molecular complexity index is 720. The van der Waals surface area contributed by atoms with Crippen molar-refractivity contribution in [2.45, 2.75) is 26.3 Å². The molecule has 2 rings (SSSR count). The minimum atomic E-state index is -3.05. The predicted octanol–water partition coefficient (Wildman–Crippen LogP) is 1.61. The maximum absolute atomic E-state index is 12.5. The molecule has 0 aliphatic carbocycles. The molecule has 0 spiro atoms. The maximum atomic E-state index is 12.5. The van der Waals surface area contributed by atoms with Gasteiger partial charge in [0.05, 0.1) is 23.1 Å². The highest BCUT2D eigenvalue weighted by atomic mass is 32.2. The second-order valence-corrected chi connectivity index (χ2v) is 8.65. The van der Waals surface area contributed by atoms with E-state index in [1.807, 2.05) is 19.9 Å². The minimum Gasteiger partial charge on any atom is -0.484 e. The van der Waals surface area contributed by atoms with Crippen LogP contribution in [0.4, 0.5) is 0 Å². The summed E-state index contributed by atoms with van der Waals surface area (Å²) in [4.78, 5) is 14.2. The molecule has 0 bridgehead atoms. The highest BCUT2D eigenvalue weighted by Gasteiger charge is 2.34. The van der Waals surface area contributed by atoms with E-state index in [-0.39, 0.29) is 36.0 Å². The van der Waals surface area contributed by atoms with Gasteiger partial charge in [-0.15, -0.1) is 0 Å². The average Bonchev–Trinajstić information content (AvgIpc) is 2.90. The third kappa shape index (κ3) is 4.96. The Morgan fingerprint density at radius 2 is 2.04 bits per heavy atom. The van der Waals surface area contributed by atoms with Crippen LogP contribution in [-0.4, -0.2) is 49.9 Å².